The zero-order valence-corrected chi connectivity index (χ0v) is 12.5. The number of nitrogens with one attached hydrogen (secondary N) is 1. The van der Waals surface area contributed by atoms with Crippen molar-refractivity contribution in [3.63, 3.8) is 0 Å². The van der Waals surface area contributed by atoms with E-state index in [4.69, 9.17) is 4.74 Å². The van der Waals surface area contributed by atoms with Gasteiger partial charge in [-0.25, -0.2) is 0 Å². The van der Waals surface area contributed by atoms with Gasteiger partial charge < -0.3 is 10.1 Å². The third-order valence-electron chi connectivity index (χ3n) is 3.25. The van der Waals surface area contributed by atoms with Crippen LogP contribution in [-0.4, -0.2) is 25.7 Å². The van der Waals surface area contributed by atoms with Crippen molar-refractivity contribution in [2.24, 2.45) is 0 Å². The number of hydrogen-bond acceptors (Lipinski definition) is 2. The number of carbonyl (C=O) groups is 1. The van der Waals surface area contributed by atoms with Gasteiger partial charge in [-0.15, -0.1) is 0 Å². The highest BCUT2D eigenvalue weighted by Gasteiger charge is 2.08. The van der Waals surface area contributed by atoms with Gasteiger partial charge >= 0.3 is 0 Å². The van der Waals surface area contributed by atoms with Crippen LogP contribution in [0.4, 0.5) is 0 Å². The minimum absolute atomic E-state index is 0.0204. The summed E-state index contributed by atoms with van der Waals surface area (Å²) in [6.45, 7) is 2.46. The Hall–Kier alpha value is -2.13. The lowest BCUT2D eigenvalue weighted by atomic mass is 10.0. The largest absolute Gasteiger partial charge is 0.383 e. The minimum Gasteiger partial charge on any atom is -0.383 e. The van der Waals surface area contributed by atoms with E-state index >= 15 is 0 Å². The lowest BCUT2D eigenvalue weighted by molar-refractivity contribution is -0.121. The molecule has 0 aliphatic heterocycles. The van der Waals surface area contributed by atoms with Crippen molar-refractivity contribution in [1.29, 1.82) is 0 Å². The van der Waals surface area contributed by atoms with E-state index in [2.05, 4.69) is 29.6 Å². The molecule has 1 amide bonds. The molecule has 0 aliphatic carbocycles. The van der Waals surface area contributed by atoms with E-state index in [-0.39, 0.29) is 11.9 Å². The number of rotatable bonds is 6. The van der Waals surface area contributed by atoms with Crippen LogP contribution in [0.5, 0.6) is 0 Å². The molecule has 1 N–H and O–H groups in total. The second-order valence-corrected chi connectivity index (χ2v) is 5.16. The summed E-state index contributed by atoms with van der Waals surface area (Å²) in [7, 11) is 1.63. The summed E-state index contributed by atoms with van der Waals surface area (Å²) >= 11 is 0. The first-order valence-electron chi connectivity index (χ1n) is 7.11. The maximum atomic E-state index is 11.9. The van der Waals surface area contributed by atoms with Crippen LogP contribution in [0.2, 0.25) is 0 Å². The van der Waals surface area contributed by atoms with Crippen molar-refractivity contribution in [3.05, 3.63) is 60.2 Å². The molecule has 2 aromatic carbocycles. The molecule has 0 bridgehead atoms. The highest BCUT2D eigenvalue weighted by Crippen LogP contribution is 2.19. The number of hydrogen-bond donors (Lipinski definition) is 1. The lowest BCUT2D eigenvalue weighted by Gasteiger charge is -2.12. The zero-order chi connectivity index (χ0) is 15.1. The number of amides is 1. The number of methoxy groups -OCH3 is 1. The Balaban J connectivity index is 1.95. The average molecular weight is 283 g/mol. The molecule has 3 heteroatoms. The molecule has 1 atom stereocenters. The summed E-state index contributed by atoms with van der Waals surface area (Å²) in [6, 6.07) is 18.3. The van der Waals surface area contributed by atoms with Crippen LogP contribution in [0.1, 0.15) is 12.5 Å². The Kier molecular flexibility index (Phi) is 5.52. The van der Waals surface area contributed by atoms with Gasteiger partial charge in [-0.3, -0.25) is 4.79 Å². The van der Waals surface area contributed by atoms with Crippen molar-refractivity contribution in [2.45, 2.75) is 19.4 Å². The topological polar surface area (TPSA) is 38.3 Å². The van der Waals surface area contributed by atoms with Gasteiger partial charge in [0.15, 0.2) is 0 Å². The van der Waals surface area contributed by atoms with E-state index in [1.165, 1.54) is 5.56 Å². The number of ether oxygens (including phenoxy) is 1. The third-order valence-corrected chi connectivity index (χ3v) is 3.25. The van der Waals surface area contributed by atoms with E-state index in [1.54, 1.807) is 7.11 Å². The monoisotopic (exact) mass is 283 g/mol. The van der Waals surface area contributed by atoms with E-state index in [9.17, 15) is 4.79 Å². The van der Waals surface area contributed by atoms with Gasteiger partial charge in [0.05, 0.1) is 13.0 Å². The van der Waals surface area contributed by atoms with Gasteiger partial charge in [-0.2, -0.15) is 0 Å². The molecule has 2 rings (SSSR count). The second-order valence-electron chi connectivity index (χ2n) is 5.16. The molecule has 110 valence electrons. The van der Waals surface area contributed by atoms with Crippen LogP contribution >= 0.6 is 0 Å². The van der Waals surface area contributed by atoms with Crippen molar-refractivity contribution < 1.29 is 9.53 Å². The molecule has 0 unspecified atom stereocenters. The third kappa shape index (κ3) is 4.72. The van der Waals surface area contributed by atoms with E-state index in [0.29, 0.717) is 13.0 Å². The molecule has 0 aromatic heterocycles. The molecule has 0 fully saturated rings. The molecule has 2 aromatic rings. The van der Waals surface area contributed by atoms with Gasteiger partial charge in [0.2, 0.25) is 5.91 Å². The van der Waals surface area contributed by atoms with Crippen LogP contribution in [0, 0.1) is 0 Å². The smallest absolute Gasteiger partial charge is 0.224 e. The summed E-state index contributed by atoms with van der Waals surface area (Å²) in [5.41, 5.74) is 3.35. The van der Waals surface area contributed by atoms with Crippen LogP contribution < -0.4 is 5.32 Å². The second kappa shape index (κ2) is 7.60. The van der Waals surface area contributed by atoms with Gasteiger partial charge in [0.1, 0.15) is 0 Å². The average Bonchev–Trinajstić information content (AvgIpc) is 2.49. The van der Waals surface area contributed by atoms with Crippen LogP contribution in [-0.2, 0) is 16.0 Å². The number of benzene rings is 2. The van der Waals surface area contributed by atoms with E-state index in [1.807, 2.05) is 37.3 Å². The molecular weight excluding hydrogens is 262 g/mol. The minimum atomic E-state index is 0.0204. The molecule has 21 heavy (non-hydrogen) atoms. The molecule has 0 heterocycles. The van der Waals surface area contributed by atoms with Crippen molar-refractivity contribution in [2.75, 3.05) is 13.7 Å². The normalized spacial score (nSPS) is 11.9. The van der Waals surface area contributed by atoms with Crippen molar-refractivity contribution in [3.8, 4) is 11.1 Å². The molecule has 0 saturated heterocycles. The van der Waals surface area contributed by atoms with Crippen LogP contribution in [0.3, 0.4) is 0 Å². The Morgan fingerprint density at radius 2 is 1.67 bits per heavy atom. The molecule has 0 aliphatic rings. The maximum absolute atomic E-state index is 11.9. The Bertz CT molecular complexity index is 564. The fourth-order valence-electron chi connectivity index (χ4n) is 2.25. The molecule has 0 spiro atoms. The quantitative estimate of drug-likeness (QED) is 0.885. The summed E-state index contributed by atoms with van der Waals surface area (Å²) in [5, 5.41) is 2.91. The fourth-order valence-corrected chi connectivity index (χ4v) is 2.25. The van der Waals surface area contributed by atoms with Gasteiger partial charge in [-0.05, 0) is 23.6 Å². The van der Waals surface area contributed by atoms with Crippen molar-refractivity contribution in [1.82, 2.24) is 5.32 Å². The van der Waals surface area contributed by atoms with Gasteiger partial charge in [0, 0.05) is 13.2 Å². The van der Waals surface area contributed by atoms with Crippen LogP contribution in [0.15, 0.2) is 54.6 Å². The summed E-state index contributed by atoms with van der Waals surface area (Å²) in [6.07, 6.45) is 0.392. The predicted octanol–water partition coefficient (Wildman–Crippen LogP) is 3.05. The van der Waals surface area contributed by atoms with Crippen molar-refractivity contribution >= 4 is 5.91 Å². The molecule has 3 nitrogen and oxygen atoms in total. The number of carbonyl (C=O) groups excluding carboxylic acids is 1. The first-order chi connectivity index (χ1) is 10.2. The zero-order valence-electron chi connectivity index (χ0n) is 12.5. The molecule has 0 radical (unpaired) electrons. The summed E-state index contributed by atoms with van der Waals surface area (Å²) < 4.78 is 5.00. The highest BCUT2D eigenvalue weighted by atomic mass is 16.5. The SMILES string of the molecule is COC[C@H](C)NC(=O)Cc1ccc(-c2ccccc2)cc1. The van der Waals surface area contributed by atoms with Crippen LogP contribution in [0.25, 0.3) is 11.1 Å². The Morgan fingerprint density at radius 1 is 1.05 bits per heavy atom. The van der Waals surface area contributed by atoms with E-state index in [0.717, 1.165) is 11.1 Å². The Morgan fingerprint density at radius 3 is 2.29 bits per heavy atom. The standard InChI is InChI=1S/C18H21NO2/c1-14(13-21-2)19-18(20)12-15-8-10-17(11-9-15)16-6-4-3-5-7-16/h3-11,14H,12-13H2,1-2H3,(H,19,20)/t14-/m0/s1. The first kappa shape index (κ1) is 15.3. The Labute approximate surface area is 126 Å². The lowest BCUT2D eigenvalue weighted by Crippen LogP contribution is -2.36. The predicted molar refractivity (Wildman–Crippen MR) is 85.1 cm³/mol. The summed E-state index contributed by atoms with van der Waals surface area (Å²) in [4.78, 5) is 11.9. The summed E-state index contributed by atoms with van der Waals surface area (Å²) in [5.74, 6) is 0.0204. The highest BCUT2D eigenvalue weighted by molar-refractivity contribution is 5.79. The van der Waals surface area contributed by atoms with E-state index < -0.39 is 0 Å². The fraction of sp³-hybridized carbons (Fsp3) is 0.278. The first-order valence-corrected chi connectivity index (χ1v) is 7.11. The molecular formula is C18H21NO2. The molecule has 0 saturated carbocycles. The van der Waals surface area contributed by atoms with Gasteiger partial charge in [-0.1, -0.05) is 54.6 Å². The van der Waals surface area contributed by atoms with Gasteiger partial charge in [0.25, 0.3) is 0 Å². The maximum Gasteiger partial charge on any atom is 0.224 e.